The van der Waals surface area contributed by atoms with E-state index in [0.29, 0.717) is 12.1 Å². The van der Waals surface area contributed by atoms with Crippen molar-refractivity contribution in [2.24, 2.45) is 0 Å². The smallest absolute Gasteiger partial charge is 0.248 e. The van der Waals surface area contributed by atoms with Gasteiger partial charge in [0.05, 0.1) is 23.8 Å². The third-order valence-electron chi connectivity index (χ3n) is 6.29. The van der Waals surface area contributed by atoms with Gasteiger partial charge in [-0.3, -0.25) is 4.79 Å². The fraction of sp³-hybridized carbons (Fsp3) is 0.360. The number of phenolic OH excluding ortho intramolecular Hbond substituents is 1. The zero-order valence-corrected chi connectivity index (χ0v) is 18.6. The van der Waals surface area contributed by atoms with E-state index in [2.05, 4.69) is 19.9 Å². The summed E-state index contributed by atoms with van der Waals surface area (Å²) in [5.74, 6) is 0.953. The lowest BCUT2D eigenvalue weighted by atomic mass is 10.1. The highest BCUT2D eigenvalue weighted by Crippen LogP contribution is 2.31. The van der Waals surface area contributed by atoms with Crippen LogP contribution in [0.25, 0.3) is 16.4 Å². The first-order chi connectivity index (χ1) is 16.2. The zero-order chi connectivity index (χ0) is 22.6. The van der Waals surface area contributed by atoms with Crippen molar-refractivity contribution in [3.05, 3.63) is 65.2 Å². The molecule has 0 spiro atoms. The first-order valence-electron chi connectivity index (χ1n) is 11.6. The number of pyridine rings is 2. The Morgan fingerprint density at radius 2 is 1.94 bits per heavy atom. The maximum absolute atomic E-state index is 11.7. The predicted molar refractivity (Wildman–Crippen MR) is 129 cm³/mol. The Morgan fingerprint density at radius 3 is 2.88 bits per heavy atom. The number of aromatic amines is 1. The lowest BCUT2D eigenvalue weighted by molar-refractivity contribution is 0.260. The van der Waals surface area contributed by atoms with Gasteiger partial charge in [0.25, 0.3) is 0 Å². The van der Waals surface area contributed by atoms with Gasteiger partial charge in [0.15, 0.2) is 0 Å². The van der Waals surface area contributed by atoms with Crippen LogP contribution >= 0.6 is 0 Å². The largest absolute Gasteiger partial charge is 0.506 e. The van der Waals surface area contributed by atoms with Crippen molar-refractivity contribution in [3.8, 4) is 11.5 Å². The number of aromatic nitrogens is 3. The summed E-state index contributed by atoms with van der Waals surface area (Å²) in [5, 5.41) is 15.3. The van der Waals surface area contributed by atoms with Crippen molar-refractivity contribution in [3.63, 3.8) is 0 Å². The van der Waals surface area contributed by atoms with E-state index >= 15 is 0 Å². The topological polar surface area (TPSA) is 86.1 Å². The van der Waals surface area contributed by atoms with Crippen LogP contribution in [0.5, 0.6) is 11.5 Å². The summed E-state index contributed by atoms with van der Waals surface area (Å²) in [6, 6.07) is 12.9. The monoisotopic (exact) mass is 447 g/mol. The average molecular weight is 448 g/mol. The molecule has 2 N–H and O–H groups in total. The van der Waals surface area contributed by atoms with Crippen LogP contribution in [-0.4, -0.2) is 63.9 Å². The molecule has 33 heavy (non-hydrogen) atoms. The molecule has 1 aliphatic rings. The van der Waals surface area contributed by atoms with Gasteiger partial charge in [0, 0.05) is 43.0 Å². The summed E-state index contributed by atoms with van der Waals surface area (Å²) < 4.78 is 7.72. The SMILES string of the molecule is O=c1ccc2c(N3CCCN(CCCCOc4ccc5ccnn5c4)CC3)ccc(O)c2[nH]1. The van der Waals surface area contributed by atoms with E-state index in [9.17, 15) is 9.90 Å². The van der Waals surface area contributed by atoms with Crippen LogP contribution in [0, 0.1) is 0 Å². The molecule has 8 nitrogen and oxygen atoms in total. The first kappa shape index (κ1) is 21.3. The lowest BCUT2D eigenvalue weighted by Gasteiger charge is -2.25. The second kappa shape index (κ2) is 9.54. The zero-order valence-electron chi connectivity index (χ0n) is 18.6. The van der Waals surface area contributed by atoms with Crippen LogP contribution in [0.3, 0.4) is 0 Å². The number of ether oxygens (including phenoxy) is 1. The van der Waals surface area contributed by atoms with Gasteiger partial charge in [-0.25, -0.2) is 4.52 Å². The highest BCUT2D eigenvalue weighted by atomic mass is 16.5. The van der Waals surface area contributed by atoms with E-state index < -0.39 is 0 Å². The Labute approximate surface area is 192 Å². The normalized spacial score (nSPS) is 15.2. The lowest BCUT2D eigenvalue weighted by Crippen LogP contribution is -2.31. The van der Waals surface area contributed by atoms with Crippen molar-refractivity contribution < 1.29 is 9.84 Å². The number of phenols is 1. The molecule has 4 heterocycles. The molecule has 0 radical (unpaired) electrons. The maximum Gasteiger partial charge on any atom is 0.248 e. The van der Waals surface area contributed by atoms with Gasteiger partial charge in [0.2, 0.25) is 5.56 Å². The molecule has 172 valence electrons. The molecule has 1 aliphatic heterocycles. The molecule has 0 amide bonds. The van der Waals surface area contributed by atoms with E-state index in [1.807, 2.05) is 35.0 Å². The molecule has 0 saturated carbocycles. The van der Waals surface area contributed by atoms with Gasteiger partial charge in [-0.2, -0.15) is 5.10 Å². The summed E-state index contributed by atoms with van der Waals surface area (Å²) in [5.41, 5.74) is 2.42. The van der Waals surface area contributed by atoms with Crippen molar-refractivity contribution in [2.75, 3.05) is 44.2 Å². The number of aromatic hydroxyl groups is 1. The Bertz CT molecular complexity index is 1300. The molecule has 1 saturated heterocycles. The molecule has 0 atom stereocenters. The molecule has 5 rings (SSSR count). The third kappa shape index (κ3) is 4.80. The van der Waals surface area contributed by atoms with E-state index in [0.717, 1.165) is 74.3 Å². The van der Waals surface area contributed by atoms with Gasteiger partial charge >= 0.3 is 0 Å². The van der Waals surface area contributed by atoms with E-state index in [4.69, 9.17) is 4.74 Å². The summed E-state index contributed by atoms with van der Waals surface area (Å²) in [4.78, 5) is 19.3. The molecule has 1 fully saturated rings. The van der Waals surface area contributed by atoms with Crippen LogP contribution in [0.4, 0.5) is 5.69 Å². The Hall–Kier alpha value is -3.52. The minimum absolute atomic E-state index is 0.106. The highest BCUT2D eigenvalue weighted by Gasteiger charge is 2.18. The average Bonchev–Trinajstić information content (AvgIpc) is 3.17. The maximum atomic E-state index is 11.7. The summed E-state index contributed by atoms with van der Waals surface area (Å²) >= 11 is 0. The summed E-state index contributed by atoms with van der Waals surface area (Å²) in [6.45, 7) is 5.68. The number of H-pyrrole nitrogens is 1. The number of hydrogen-bond acceptors (Lipinski definition) is 6. The molecule has 3 aromatic heterocycles. The first-order valence-corrected chi connectivity index (χ1v) is 11.6. The number of nitrogens with one attached hydrogen (secondary N) is 1. The molecule has 0 aliphatic carbocycles. The molecule has 1 aromatic carbocycles. The van der Waals surface area contributed by atoms with Crippen molar-refractivity contribution >= 4 is 22.1 Å². The van der Waals surface area contributed by atoms with Crippen molar-refractivity contribution in [1.29, 1.82) is 0 Å². The number of hydrogen-bond donors (Lipinski definition) is 2. The van der Waals surface area contributed by atoms with Crippen LogP contribution in [0.2, 0.25) is 0 Å². The molecule has 0 bridgehead atoms. The van der Waals surface area contributed by atoms with Crippen molar-refractivity contribution in [1.82, 2.24) is 19.5 Å². The Morgan fingerprint density at radius 1 is 1.00 bits per heavy atom. The highest BCUT2D eigenvalue weighted by molar-refractivity contribution is 5.95. The Kier molecular flexibility index (Phi) is 6.17. The standard InChI is InChI=1S/C25H29N5O3/c31-23-8-7-22(21-6-9-24(32)27-25(21)23)29-14-3-13-28(15-16-29)12-1-2-17-33-20-5-4-19-10-11-26-30(19)18-20/h4-11,18,31H,1-3,12-17H2,(H,27,32). The number of unbranched alkanes of at least 4 members (excludes halogenated alkanes) is 1. The number of nitrogens with zero attached hydrogens (tertiary/aromatic N) is 4. The molecule has 4 aromatic rings. The quantitative estimate of drug-likeness (QED) is 0.423. The van der Waals surface area contributed by atoms with Gasteiger partial charge in [-0.1, -0.05) is 0 Å². The predicted octanol–water partition coefficient (Wildman–Crippen LogP) is 3.25. The number of anilines is 1. The summed E-state index contributed by atoms with van der Waals surface area (Å²) in [6.07, 6.45) is 6.88. The minimum atomic E-state index is -0.206. The number of benzene rings is 1. The second-order valence-corrected chi connectivity index (χ2v) is 8.52. The van der Waals surface area contributed by atoms with E-state index in [1.54, 1.807) is 18.3 Å². The fourth-order valence-corrected chi connectivity index (χ4v) is 4.54. The van der Waals surface area contributed by atoms with Crippen LogP contribution in [0.15, 0.2) is 59.7 Å². The number of rotatable bonds is 7. The fourth-order valence-electron chi connectivity index (χ4n) is 4.54. The van der Waals surface area contributed by atoms with Crippen molar-refractivity contribution in [2.45, 2.75) is 19.3 Å². The molecular weight excluding hydrogens is 418 g/mol. The molecule has 8 heteroatoms. The van der Waals surface area contributed by atoms with E-state index in [-0.39, 0.29) is 11.3 Å². The van der Waals surface area contributed by atoms with Gasteiger partial charge < -0.3 is 24.6 Å². The van der Waals surface area contributed by atoms with E-state index in [1.165, 1.54) is 6.07 Å². The second-order valence-electron chi connectivity index (χ2n) is 8.52. The molecule has 0 unspecified atom stereocenters. The van der Waals surface area contributed by atoms with Gasteiger partial charge in [-0.05, 0) is 68.8 Å². The van der Waals surface area contributed by atoms with Gasteiger partial charge in [-0.15, -0.1) is 0 Å². The number of fused-ring (bicyclic) bond motifs is 2. The van der Waals surface area contributed by atoms with Gasteiger partial charge in [0.1, 0.15) is 11.5 Å². The van der Waals surface area contributed by atoms with Crippen LogP contribution in [-0.2, 0) is 0 Å². The molecular formula is C25H29N5O3. The summed E-state index contributed by atoms with van der Waals surface area (Å²) in [7, 11) is 0. The Balaban J connectivity index is 1.12. The minimum Gasteiger partial charge on any atom is -0.506 e. The van der Waals surface area contributed by atoms with Crippen LogP contribution in [0.1, 0.15) is 19.3 Å². The third-order valence-corrected chi connectivity index (χ3v) is 6.29. The van der Waals surface area contributed by atoms with Crippen LogP contribution < -0.4 is 15.2 Å².